The molecule has 0 radical (unpaired) electrons. The molecule has 8 heteroatoms. The van der Waals surface area contributed by atoms with Gasteiger partial charge in [0.1, 0.15) is 6.04 Å². The van der Waals surface area contributed by atoms with Crippen LogP contribution < -0.4 is 0 Å². The molecule has 3 fully saturated rings. The number of amides is 2. The zero-order valence-electron chi connectivity index (χ0n) is 16.7. The molecule has 0 aromatic rings. The van der Waals surface area contributed by atoms with Gasteiger partial charge >= 0.3 is 5.97 Å². The van der Waals surface area contributed by atoms with Gasteiger partial charge in [-0.3, -0.25) is 19.3 Å². The first kappa shape index (κ1) is 22.9. The van der Waals surface area contributed by atoms with E-state index in [1.54, 1.807) is 0 Å². The lowest BCUT2D eigenvalue weighted by atomic mass is 9.95. The summed E-state index contributed by atoms with van der Waals surface area (Å²) in [7, 11) is 0. The predicted octanol–water partition coefficient (Wildman–Crippen LogP) is 1.99. The molecule has 2 amide bonds. The van der Waals surface area contributed by atoms with E-state index < -0.39 is 12.0 Å². The molecule has 1 N–H and O–H groups in total. The lowest BCUT2D eigenvalue weighted by Gasteiger charge is -2.37. The largest absolute Gasteiger partial charge is 0.480 e. The molecule has 0 bridgehead atoms. The smallest absolute Gasteiger partial charge is 0.320 e. The molecule has 0 aliphatic carbocycles. The van der Waals surface area contributed by atoms with Gasteiger partial charge in [-0.15, -0.1) is 12.4 Å². The maximum Gasteiger partial charge on any atom is 0.320 e. The molecule has 3 rings (SSSR count). The quantitative estimate of drug-likeness (QED) is 0.759. The zero-order chi connectivity index (χ0) is 19.2. The molecule has 1 atom stereocenters. The number of hydrogen-bond donors (Lipinski definition) is 1. The van der Waals surface area contributed by atoms with Crippen LogP contribution in [0, 0.1) is 5.92 Å². The Morgan fingerprint density at radius 1 is 0.750 bits per heavy atom. The van der Waals surface area contributed by atoms with Gasteiger partial charge < -0.3 is 14.9 Å². The standard InChI is InChI=1S/C20H33N3O4.ClH/c24-18(15-23-12-6-3-7-17(23)20(26)27)21-13-8-16(9-14-21)19(25)22-10-4-1-2-5-11-22;/h16-17H,1-15H2,(H,26,27);1H. The summed E-state index contributed by atoms with van der Waals surface area (Å²) in [6.45, 7) is 3.82. The first-order valence-electron chi connectivity index (χ1n) is 10.6. The highest BCUT2D eigenvalue weighted by Crippen LogP contribution is 2.23. The van der Waals surface area contributed by atoms with Crippen LogP contribution in [-0.2, 0) is 14.4 Å². The van der Waals surface area contributed by atoms with Crippen molar-refractivity contribution >= 4 is 30.2 Å². The number of halogens is 1. The average molecular weight is 416 g/mol. The van der Waals surface area contributed by atoms with Gasteiger partial charge in [0.05, 0.1) is 6.54 Å². The summed E-state index contributed by atoms with van der Waals surface area (Å²) in [6, 6.07) is -0.537. The summed E-state index contributed by atoms with van der Waals surface area (Å²) in [5.74, 6) is -0.520. The zero-order valence-corrected chi connectivity index (χ0v) is 17.5. The van der Waals surface area contributed by atoms with Crippen molar-refractivity contribution in [1.29, 1.82) is 0 Å². The van der Waals surface area contributed by atoms with E-state index in [1.165, 1.54) is 12.8 Å². The number of hydrogen-bond acceptors (Lipinski definition) is 4. The maximum absolute atomic E-state index is 12.8. The lowest BCUT2D eigenvalue weighted by Crippen LogP contribution is -2.51. The summed E-state index contributed by atoms with van der Waals surface area (Å²) in [6.07, 6.45) is 8.56. The summed E-state index contributed by atoms with van der Waals surface area (Å²) in [4.78, 5) is 42.5. The summed E-state index contributed by atoms with van der Waals surface area (Å²) in [5.41, 5.74) is 0. The summed E-state index contributed by atoms with van der Waals surface area (Å²) in [5, 5.41) is 9.36. The van der Waals surface area contributed by atoms with E-state index in [9.17, 15) is 19.5 Å². The van der Waals surface area contributed by atoms with Crippen LogP contribution >= 0.6 is 12.4 Å². The Bertz CT molecular complexity index is 544. The molecular weight excluding hydrogens is 382 g/mol. The van der Waals surface area contributed by atoms with E-state index >= 15 is 0 Å². The minimum absolute atomic E-state index is 0. The Labute approximate surface area is 173 Å². The van der Waals surface area contributed by atoms with E-state index in [0.29, 0.717) is 26.1 Å². The van der Waals surface area contributed by atoms with Crippen LogP contribution in [0.4, 0.5) is 0 Å². The lowest BCUT2D eigenvalue weighted by molar-refractivity contribution is -0.147. The molecule has 0 aromatic carbocycles. The van der Waals surface area contributed by atoms with Gasteiger partial charge in [0.2, 0.25) is 11.8 Å². The van der Waals surface area contributed by atoms with Crippen molar-refractivity contribution in [3.05, 3.63) is 0 Å². The van der Waals surface area contributed by atoms with Gasteiger partial charge in [0.15, 0.2) is 0 Å². The van der Waals surface area contributed by atoms with Crippen LogP contribution in [0.25, 0.3) is 0 Å². The Hall–Kier alpha value is -1.34. The second kappa shape index (κ2) is 11.0. The Morgan fingerprint density at radius 3 is 1.96 bits per heavy atom. The summed E-state index contributed by atoms with van der Waals surface area (Å²) >= 11 is 0. The van der Waals surface area contributed by atoms with Crippen molar-refractivity contribution in [2.45, 2.75) is 63.8 Å². The molecule has 3 saturated heterocycles. The minimum atomic E-state index is -0.829. The van der Waals surface area contributed by atoms with E-state index in [0.717, 1.165) is 51.6 Å². The van der Waals surface area contributed by atoms with E-state index in [2.05, 4.69) is 0 Å². The SMILES string of the molecule is Cl.O=C(O)C1CCCCN1CC(=O)N1CCC(C(=O)N2CCCCCC2)CC1. The molecule has 0 aromatic heterocycles. The van der Waals surface area contributed by atoms with Gasteiger partial charge in [-0.25, -0.2) is 0 Å². The van der Waals surface area contributed by atoms with Crippen LogP contribution in [0.5, 0.6) is 0 Å². The molecule has 7 nitrogen and oxygen atoms in total. The van der Waals surface area contributed by atoms with Crippen molar-refractivity contribution in [2.75, 3.05) is 39.3 Å². The normalized spacial score (nSPS) is 24.9. The van der Waals surface area contributed by atoms with E-state index in [1.807, 2.05) is 14.7 Å². The van der Waals surface area contributed by atoms with E-state index in [-0.39, 0.29) is 36.7 Å². The molecular formula is C20H34ClN3O4. The number of piperidine rings is 2. The van der Waals surface area contributed by atoms with Crippen molar-refractivity contribution in [3.8, 4) is 0 Å². The highest BCUT2D eigenvalue weighted by Gasteiger charge is 2.33. The number of carbonyl (C=O) groups excluding carboxylic acids is 2. The van der Waals surface area contributed by atoms with Crippen molar-refractivity contribution < 1.29 is 19.5 Å². The molecule has 3 aliphatic rings. The first-order valence-corrected chi connectivity index (χ1v) is 10.6. The number of likely N-dealkylation sites (tertiary alicyclic amines) is 3. The average Bonchev–Trinajstić information content (AvgIpc) is 2.97. The molecule has 3 aliphatic heterocycles. The Morgan fingerprint density at radius 2 is 1.36 bits per heavy atom. The highest BCUT2D eigenvalue weighted by atomic mass is 35.5. The van der Waals surface area contributed by atoms with Crippen LogP contribution in [0.1, 0.15) is 57.8 Å². The van der Waals surface area contributed by atoms with Crippen LogP contribution in [0.15, 0.2) is 0 Å². The van der Waals surface area contributed by atoms with Gasteiger partial charge in [-0.05, 0) is 45.1 Å². The fourth-order valence-corrected chi connectivity index (χ4v) is 4.66. The van der Waals surface area contributed by atoms with Crippen molar-refractivity contribution in [3.63, 3.8) is 0 Å². The third-order valence-electron chi connectivity index (χ3n) is 6.35. The van der Waals surface area contributed by atoms with Crippen LogP contribution in [-0.4, -0.2) is 82.9 Å². The van der Waals surface area contributed by atoms with Gasteiger partial charge in [-0.2, -0.15) is 0 Å². The van der Waals surface area contributed by atoms with Gasteiger partial charge in [0, 0.05) is 32.1 Å². The number of aliphatic carboxylic acids is 1. The number of carboxylic acid groups (broad SMARTS) is 1. The first-order chi connectivity index (χ1) is 13.1. The Kier molecular flexibility index (Phi) is 9.02. The second-order valence-electron chi connectivity index (χ2n) is 8.21. The molecule has 1 unspecified atom stereocenters. The number of rotatable bonds is 4. The predicted molar refractivity (Wildman–Crippen MR) is 108 cm³/mol. The second-order valence-corrected chi connectivity index (χ2v) is 8.21. The Balaban J connectivity index is 0.00000280. The fraction of sp³-hybridized carbons (Fsp3) is 0.850. The van der Waals surface area contributed by atoms with Gasteiger partial charge in [0.25, 0.3) is 0 Å². The van der Waals surface area contributed by atoms with Crippen LogP contribution in [0.3, 0.4) is 0 Å². The van der Waals surface area contributed by atoms with Crippen LogP contribution in [0.2, 0.25) is 0 Å². The topological polar surface area (TPSA) is 81.2 Å². The van der Waals surface area contributed by atoms with Gasteiger partial charge in [-0.1, -0.05) is 19.3 Å². The fourth-order valence-electron chi connectivity index (χ4n) is 4.66. The monoisotopic (exact) mass is 415 g/mol. The molecule has 3 heterocycles. The van der Waals surface area contributed by atoms with Crippen molar-refractivity contribution in [2.24, 2.45) is 5.92 Å². The van der Waals surface area contributed by atoms with Crippen molar-refractivity contribution in [1.82, 2.24) is 14.7 Å². The minimum Gasteiger partial charge on any atom is -0.480 e. The number of carboxylic acids is 1. The number of carbonyl (C=O) groups is 3. The number of nitrogens with zero attached hydrogens (tertiary/aromatic N) is 3. The molecule has 0 spiro atoms. The third-order valence-corrected chi connectivity index (χ3v) is 6.35. The summed E-state index contributed by atoms with van der Waals surface area (Å²) < 4.78 is 0. The third kappa shape index (κ3) is 5.83. The molecule has 28 heavy (non-hydrogen) atoms. The highest BCUT2D eigenvalue weighted by molar-refractivity contribution is 5.85. The maximum atomic E-state index is 12.8. The molecule has 0 saturated carbocycles. The van der Waals surface area contributed by atoms with E-state index in [4.69, 9.17) is 0 Å². The molecule has 160 valence electrons.